The Bertz CT molecular complexity index is 590. The van der Waals surface area contributed by atoms with Crippen LogP contribution in [0, 0.1) is 5.92 Å². The summed E-state index contributed by atoms with van der Waals surface area (Å²) in [6.45, 7) is 5.81. The fraction of sp³-hybridized carbons (Fsp3) is 0.722. The van der Waals surface area contributed by atoms with Crippen LogP contribution in [0.2, 0.25) is 0 Å². The van der Waals surface area contributed by atoms with Crippen LogP contribution < -0.4 is 4.90 Å². The first-order valence-corrected chi connectivity index (χ1v) is 9.16. The van der Waals surface area contributed by atoms with E-state index in [1.165, 1.54) is 0 Å². The third kappa shape index (κ3) is 2.77. The van der Waals surface area contributed by atoms with Gasteiger partial charge >= 0.3 is 0 Å². The molecule has 0 bridgehead atoms. The minimum Gasteiger partial charge on any atom is -0.362 e. The van der Waals surface area contributed by atoms with Crippen molar-refractivity contribution in [3.05, 3.63) is 18.5 Å². The summed E-state index contributed by atoms with van der Waals surface area (Å²) in [5.74, 6) is 1.37. The van der Waals surface area contributed by atoms with Crippen molar-refractivity contribution >= 4 is 11.9 Å². The molecule has 3 aliphatic heterocycles. The van der Waals surface area contributed by atoms with Gasteiger partial charge in [0.25, 0.3) is 5.91 Å². The van der Waals surface area contributed by atoms with E-state index in [4.69, 9.17) is 4.74 Å². The van der Waals surface area contributed by atoms with Crippen molar-refractivity contribution in [2.75, 3.05) is 31.1 Å². The number of aromatic nitrogens is 2. The molecule has 0 radical (unpaired) electrons. The molecule has 1 unspecified atom stereocenters. The van der Waals surface area contributed by atoms with E-state index in [0.717, 1.165) is 64.2 Å². The summed E-state index contributed by atoms with van der Waals surface area (Å²) in [6, 6.07) is 1.84. The molecule has 0 saturated carbocycles. The second kappa shape index (κ2) is 6.31. The second-order valence-electron chi connectivity index (χ2n) is 7.39. The first kappa shape index (κ1) is 15.8. The molecular formula is C18H26N4O2. The topological polar surface area (TPSA) is 58.6 Å². The predicted octanol–water partition coefficient (Wildman–Crippen LogP) is 1.86. The van der Waals surface area contributed by atoms with Crippen LogP contribution in [-0.4, -0.2) is 58.7 Å². The lowest BCUT2D eigenvalue weighted by Crippen LogP contribution is -2.52. The lowest BCUT2D eigenvalue weighted by Gasteiger charge is -2.44. The number of piperidine rings is 1. The van der Waals surface area contributed by atoms with Gasteiger partial charge in [-0.25, -0.2) is 9.97 Å². The van der Waals surface area contributed by atoms with Crippen LogP contribution in [-0.2, 0) is 9.53 Å². The van der Waals surface area contributed by atoms with E-state index in [0.29, 0.717) is 5.92 Å². The first-order chi connectivity index (χ1) is 11.7. The van der Waals surface area contributed by atoms with Crippen LogP contribution in [0.4, 0.5) is 5.95 Å². The van der Waals surface area contributed by atoms with Crippen LogP contribution >= 0.6 is 0 Å². The van der Waals surface area contributed by atoms with Gasteiger partial charge in [-0.15, -0.1) is 0 Å². The molecule has 4 rings (SSSR count). The number of ether oxygens (including phenoxy) is 1. The van der Waals surface area contributed by atoms with E-state index in [1.54, 1.807) is 12.4 Å². The van der Waals surface area contributed by atoms with E-state index in [9.17, 15) is 4.79 Å². The van der Waals surface area contributed by atoms with Gasteiger partial charge in [0.15, 0.2) is 0 Å². The van der Waals surface area contributed by atoms with Crippen LogP contribution in [0.5, 0.6) is 0 Å². The molecule has 0 N–H and O–H groups in total. The summed E-state index contributed by atoms with van der Waals surface area (Å²) >= 11 is 0. The lowest BCUT2D eigenvalue weighted by atomic mass is 9.80. The van der Waals surface area contributed by atoms with E-state index >= 15 is 0 Å². The van der Waals surface area contributed by atoms with Crippen LogP contribution in [0.25, 0.3) is 0 Å². The van der Waals surface area contributed by atoms with Gasteiger partial charge in [-0.2, -0.15) is 0 Å². The van der Waals surface area contributed by atoms with Crippen molar-refractivity contribution < 1.29 is 9.53 Å². The van der Waals surface area contributed by atoms with Gasteiger partial charge in [0.1, 0.15) is 6.10 Å². The highest BCUT2D eigenvalue weighted by Gasteiger charge is 2.49. The Kier molecular flexibility index (Phi) is 4.16. The maximum Gasteiger partial charge on any atom is 0.251 e. The van der Waals surface area contributed by atoms with Gasteiger partial charge < -0.3 is 14.5 Å². The fourth-order valence-corrected chi connectivity index (χ4v) is 4.43. The minimum atomic E-state index is -0.231. The average molecular weight is 330 g/mol. The second-order valence-corrected chi connectivity index (χ2v) is 7.39. The maximum atomic E-state index is 12.6. The van der Waals surface area contributed by atoms with Crippen molar-refractivity contribution in [1.29, 1.82) is 0 Å². The Morgan fingerprint density at radius 2 is 1.96 bits per heavy atom. The SMILES string of the molecule is C[C@@H]1CN(c2ncccn2)CC[C@@]12CCC(C(=O)N1CCCC1)O2. The number of anilines is 1. The molecule has 3 atom stereocenters. The van der Waals surface area contributed by atoms with Crippen molar-refractivity contribution in [1.82, 2.24) is 14.9 Å². The van der Waals surface area contributed by atoms with Crippen LogP contribution in [0.1, 0.15) is 39.0 Å². The largest absolute Gasteiger partial charge is 0.362 e. The molecule has 1 amide bonds. The summed E-state index contributed by atoms with van der Waals surface area (Å²) in [7, 11) is 0. The van der Waals surface area contributed by atoms with E-state index in [2.05, 4.69) is 21.8 Å². The Labute approximate surface area is 143 Å². The summed E-state index contributed by atoms with van der Waals surface area (Å²) < 4.78 is 6.40. The smallest absolute Gasteiger partial charge is 0.251 e. The van der Waals surface area contributed by atoms with E-state index in [1.807, 2.05) is 11.0 Å². The maximum absolute atomic E-state index is 12.6. The molecule has 3 aliphatic rings. The molecule has 0 aliphatic carbocycles. The Balaban J connectivity index is 1.41. The van der Waals surface area contributed by atoms with Crippen molar-refractivity contribution in [2.24, 2.45) is 5.92 Å². The van der Waals surface area contributed by atoms with E-state index in [-0.39, 0.29) is 17.6 Å². The molecule has 1 spiro atoms. The molecular weight excluding hydrogens is 304 g/mol. The number of nitrogens with zero attached hydrogens (tertiary/aromatic N) is 4. The van der Waals surface area contributed by atoms with Crippen molar-refractivity contribution in [3.63, 3.8) is 0 Å². The molecule has 4 heterocycles. The van der Waals surface area contributed by atoms with Crippen LogP contribution in [0.3, 0.4) is 0 Å². The Morgan fingerprint density at radius 1 is 1.21 bits per heavy atom. The minimum absolute atomic E-state index is 0.147. The summed E-state index contributed by atoms with van der Waals surface area (Å²) in [6.07, 6.45) is 8.39. The summed E-state index contributed by atoms with van der Waals surface area (Å²) in [5, 5.41) is 0. The van der Waals surface area contributed by atoms with E-state index < -0.39 is 0 Å². The zero-order valence-corrected chi connectivity index (χ0v) is 14.4. The third-order valence-corrected chi connectivity index (χ3v) is 5.93. The highest BCUT2D eigenvalue weighted by molar-refractivity contribution is 5.81. The van der Waals surface area contributed by atoms with Gasteiger partial charge in [-0.05, 0) is 38.2 Å². The predicted molar refractivity (Wildman–Crippen MR) is 90.7 cm³/mol. The van der Waals surface area contributed by atoms with Gasteiger partial charge in [0.2, 0.25) is 5.95 Å². The molecule has 3 saturated heterocycles. The molecule has 1 aromatic heterocycles. The zero-order valence-electron chi connectivity index (χ0n) is 14.4. The number of carbonyl (C=O) groups excluding carboxylic acids is 1. The third-order valence-electron chi connectivity index (χ3n) is 5.93. The standard InChI is InChI=1S/C18H26N4O2/c1-14-13-22(17-19-8-4-9-20-17)12-7-18(14)6-5-15(24-18)16(23)21-10-2-3-11-21/h4,8-9,14-15H,2-3,5-7,10-13H2,1H3/t14-,15?,18+/m1/s1. The van der Waals surface area contributed by atoms with Crippen molar-refractivity contribution in [3.8, 4) is 0 Å². The molecule has 24 heavy (non-hydrogen) atoms. The number of hydrogen-bond acceptors (Lipinski definition) is 5. The first-order valence-electron chi connectivity index (χ1n) is 9.16. The monoisotopic (exact) mass is 330 g/mol. The molecule has 0 aromatic carbocycles. The number of rotatable bonds is 2. The highest BCUT2D eigenvalue weighted by Crippen LogP contribution is 2.43. The fourth-order valence-electron chi connectivity index (χ4n) is 4.43. The van der Waals surface area contributed by atoms with Gasteiger partial charge in [-0.3, -0.25) is 4.79 Å². The quantitative estimate of drug-likeness (QED) is 0.828. The Morgan fingerprint density at radius 3 is 2.67 bits per heavy atom. The van der Waals surface area contributed by atoms with Gasteiger partial charge in [0.05, 0.1) is 5.60 Å². The lowest BCUT2D eigenvalue weighted by molar-refractivity contribution is -0.151. The Hall–Kier alpha value is -1.69. The van der Waals surface area contributed by atoms with Crippen LogP contribution in [0.15, 0.2) is 18.5 Å². The molecule has 6 heteroatoms. The van der Waals surface area contributed by atoms with Gasteiger partial charge in [0, 0.05) is 44.5 Å². The van der Waals surface area contributed by atoms with Gasteiger partial charge in [-0.1, -0.05) is 6.92 Å². The molecule has 130 valence electrons. The highest BCUT2D eigenvalue weighted by atomic mass is 16.5. The number of likely N-dealkylation sites (tertiary alicyclic amines) is 1. The summed E-state index contributed by atoms with van der Waals surface area (Å²) in [4.78, 5) is 25.6. The summed E-state index contributed by atoms with van der Waals surface area (Å²) in [5.41, 5.74) is -0.147. The number of carbonyl (C=O) groups is 1. The molecule has 3 fully saturated rings. The van der Waals surface area contributed by atoms with Crippen molar-refractivity contribution in [2.45, 2.75) is 50.7 Å². The average Bonchev–Trinajstić information content (AvgIpc) is 3.29. The normalized spacial score (nSPS) is 33.4. The molecule has 6 nitrogen and oxygen atoms in total. The number of hydrogen-bond donors (Lipinski definition) is 0. The molecule has 1 aromatic rings. The number of amides is 1. The zero-order chi connectivity index (χ0) is 16.6.